The fourth-order valence-corrected chi connectivity index (χ4v) is 0.786. The summed E-state index contributed by atoms with van der Waals surface area (Å²) in [6.45, 7) is 5.49. The number of ether oxygens (including phenoxy) is 1. The van der Waals surface area contributed by atoms with Gasteiger partial charge in [-0.15, -0.1) is 0 Å². The Morgan fingerprint density at radius 1 is 1.78 bits per heavy atom. The van der Waals surface area contributed by atoms with Crippen LogP contribution in [0.2, 0.25) is 0 Å². The molecular weight excluding hydrogens is 118 g/mol. The maximum atomic E-state index is 9.09. The Balaban J connectivity index is 2.32. The molecule has 0 radical (unpaired) electrons. The number of nitrogens with zero attached hydrogens (tertiary/aromatic N) is 1. The van der Waals surface area contributed by atoms with Crippen LogP contribution in [-0.2, 0) is 4.74 Å². The Kier molecular flexibility index (Phi) is 2.22. The number of aliphatic hydroxyl groups excluding tert-OH is 1. The third kappa shape index (κ3) is 1.51. The van der Waals surface area contributed by atoms with E-state index in [0.29, 0.717) is 13.3 Å². The fraction of sp³-hybridized carbons (Fsp3) is 0.667. The molecule has 0 bridgehead atoms. The standard InChI is InChI=1S/C6H11NO2/c1-2-6(8)7-3-4-9-5-7/h2,6,8H,1,3-5H2. The van der Waals surface area contributed by atoms with E-state index in [1.807, 2.05) is 0 Å². The van der Waals surface area contributed by atoms with Gasteiger partial charge in [0.05, 0.1) is 6.61 Å². The molecule has 1 saturated heterocycles. The van der Waals surface area contributed by atoms with Crippen molar-refractivity contribution in [3.8, 4) is 0 Å². The summed E-state index contributed by atoms with van der Waals surface area (Å²) in [5.74, 6) is 0. The molecule has 1 rings (SSSR count). The Bertz CT molecular complexity index is 99.2. The van der Waals surface area contributed by atoms with Crippen molar-refractivity contribution in [1.29, 1.82) is 0 Å². The second-order valence-electron chi connectivity index (χ2n) is 2.00. The van der Waals surface area contributed by atoms with Gasteiger partial charge < -0.3 is 9.84 Å². The first-order valence-corrected chi connectivity index (χ1v) is 2.97. The van der Waals surface area contributed by atoms with Crippen molar-refractivity contribution in [3.05, 3.63) is 12.7 Å². The summed E-state index contributed by atoms with van der Waals surface area (Å²) in [4.78, 5) is 1.80. The van der Waals surface area contributed by atoms with Gasteiger partial charge in [0, 0.05) is 6.54 Å². The molecule has 1 N–H and O–H groups in total. The number of hydrogen-bond acceptors (Lipinski definition) is 3. The van der Waals surface area contributed by atoms with Crippen LogP contribution in [0.4, 0.5) is 0 Å². The van der Waals surface area contributed by atoms with Gasteiger partial charge in [-0.05, 0) is 6.08 Å². The molecule has 0 spiro atoms. The van der Waals surface area contributed by atoms with Gasteiger partial charge in [0.15, 0.2) is 0 Å². The minimum absolute atomic E-state index is 0.521. The molecule has 0 aliphatic carbocycles. The molecule has 0 amide bonds. The van der Waals surface area contributed by atoms with Crippen LogP contribution in [0.3, 0.4) is 0 Å². The lowest BCUT2D eigenvalue weighted by Crippen LogP contribution is -2.30. The highest BCUT2D eigenvalue weighted by Crippen LogP contribution is 2.02. The first kappa shape index (κ1) is 6.74. The molecule has 52 valence electrons. The van der Waals surface area contributed by atoms with Crippen molar-refractivity contribution >= 4 is 0 Å². The number of rotatable bonds is 2. The highest BCUT2D eigenvalue weighted by Gasteiger charge is 2.16. The summed E-state index contributed by atoms with van der Waals surface area (Å²) in [5.41, 5.74) is 0. The maximum absolute atomic E-state index is 9.09. The van der Waals surface area contributed by atoms with Crippen LogP contribution in [-0.4, -0.2) is 36.1 Å². The molecule has 3 nitrogen and oxygen atoms in total. The number of hydrogen-bond donors (Lipinski definition) is 1. The number of aliphatic hydroxyl groups is 1. The summed E-state index contributed by atoms with van der Waals surface area (Å²) in [6, 6.07) is 0. The Morgan fingerprint density at radius 2 is 2.56 bits per heavy atom. The molecule has 0 aromatic heterocycles. The van der Waals surface area contributed by atoms with E-state index < -0.39 is 6.23 Å². The Morgan fingerprint density at radius 3 is 3.00 bits per heavy atom. The zero-order valence-corrected chi connectivity index (χ0v) is 5.29. The Labute approximate surface area is 54.5 Å². The van der Waals surface area contributed by atoms with E-state index in [4.69, 9.17) is 9.84 Å². The van der Waals surface area contributed by atoms with Gasteiger partial charge >= 0.3 is 0 Å². The minimum atomic E-state index is -0.535. The summed E-state index contributed by atoms with van der Waals surface area (Å²) in [7, 11) is 0. The molecule has 1 aliphatic heterocycles. The van der Waals surface area contributed by atoms with Crippen molar-refractivity contribution in [1.82, 2.24) is 4.90 Å². The van der Waals surface area contributed by atoms with E-state index in [1.54, 1.807) is 4.90 Å². The van der Waals surface area contributed by atoms with Gasteiger partial charge in [0.2, 0.25) is 0 Å². The summed E-state index contributed by atoms with van der Waals surface area (Å²) in [5, 5.41) is 9.09. The Hall–Kier alpha value is -0.380. The minimum Gasteiger partial charge on any atom is -0.375 e. The molecule has 0 aromatic rings. The molecule has 1 fully saturated rings. The monoisotopic (exact) mass is 129 g/mol. The van der Waals surface area contributed by atoms with E-state index in [-0.39, 0.29) is 0 Å². The lowest BCUT2D eigenvalue weighted by Gasteiger charge is -2.15. The molecule has 0 saturated carbocycles. The van der Waals surface area contributed by atoms with Crippen molar-refractivity contribution in [2.75, 3.05) is 19.9 Å². The van der Waals surface area contributed by atoms with Crippen LogP contribution in [0.5, 0.6) is 0 Å². The van der Waals surface area contributed by atoms with Crippen LogP contribution >= 0.6 is 0 Å². The normalized spacial score (nSPS) is 24.1. The van der Waals surface area contributed by atoms with Crippen LogP contribution < -0.4 is 0 Å². The van der Waals surface area contributed by atoms with Crippen LogP contribution in [0, 0.1) is 0 Å². The highest BCUT2D eigenvalue weighted by molar-refractivity contribution is 4.78. The SMILES string of the molecule is C=CC(O)N1CCOC1. The smallest absolute Gasteiger partial charge is 0.128 e. The van der Waals surface area contributed by atoms with Crippen LogP contribution in [0.1, 0.15) is 0 Å². The van der Waals surface area contributed by atoms with E-state index in [0.717, 1.165) is 6.54 Å². The van der Waals surface area contributed by atoms with Crippen LogP contribution in [0.15, 0.2) is 12.7 Å². The average molecular weight is 129 g/mol. The molecular formula is C6H11NO2. The lowest BCUT2D eigenvalue weighted by molar-refractivity contribution is 0.0243. The molecule has 9 heavy (non-hydrogen) atoms. The first-order chi connectivity index (χ1) is 4.34. The zero-order valence-electron chi connectivity index (χ0n) is 5.29. The van der Waals surface area contributed by atoms with Gasteiger partial charge in [-0.1, -0.05) is 6.58 Å². The molecule has 1 atom stereocenters. The van der Waals surface area contributed by atoms with Gasteiger partial charge in [-0.2, -0.15) is 0 Å². The predicted molar refractivity (Wildman–Crippen MR) is 33.7 cm³/mol. The van der Waals surface area contributed by atoms with Gasteiger partial charge in [0.1, 0.15) is 13.0 Å². The fourth-order valence-electron chi connectivity index (χ4n) is 0.786. The third-order valence-corrected chi connectivity index (χ3v) is 1.36. The topological polar surface area (TPSA) is 32.7 Å². The molecule has 1 unspecified atom stereocenters. The quantitative estimate of drug-likeness (QED) is 0.523. The van der Waals surface area contributed by atoms with E-state index in [9.17, 15) is 0 Å². The molecule has 0 aromatic carbocycles. The van der Waals surface area contributed by atoms with E-state index in [2.05, 4.69) is 6.58 Å². The van der Waals surface area contributed by atoms with Crippen molar-refractivity contribution in [2.45, 2.75) is 6.23 Å². The van der Waals surface area contributed by atoms with Gasteiger partial charge in [0.25, 0.3) is 0 Å². The second kappa shape index (κ2) is 2.96. The lowest BCUT2D eigenvalue weighted by atomic mass is 10.5. The van der Waals surface area contributed by atoms with E-state index >= 15 is 0 Å². The molecule has 1 aliphatic rings. The summed E-state index contributed by atoms with van der Waals surface area (Å²) < 4.78 is 5.00. The summed E-state index contributed by atoms with van der Waals surface area (Å²) in [6.07, 6.45) is 0.960. The maximum Gasteiger partial charge on any atom is 0.128 e. The van der Waals surface area contributed by atoms with E-state index in [1.165, 1.54) is 6.08 Å². The largest absolute Gasteiger partial charge is 0.375 e. The van der Waals surface area contributed by atoms with Crippen molar-refractivity contribution < 1.29 is 9.84 Å². The second-order valence-corrected chi connectivity index (χ2v) is 2.00. The average Bonchev–Trinajstić information content (AvgIpc) is 2.37. The predicted octanol–water partition coefficient (Wildman–Crippen LogP) is -0.220. The third-order valence-electron chi connectivity index (χ3n) is 1.36. The highest BCUT2D eigenvalue weighted by atomic mass is 16.5. The first-order valence-electron chi connectivity index (χ1n) is 2.97. The van der Waals surface area contributed by atoms with Gasteiger partial charge in [-0.3, -0.25) is 0 Å². The molecule has 3 heteroatoms. The van der Waals surface area contributed by atoms with Gasteiger partial charge in [-0.25, -0.2) is 4.90 Å². The van der Waals surface area contributed by atoms with Crippen LogP contribution in [0.25, 0.3) is 0 Å². The van der Waals surface area contributed by atoms with Crippen molar-refractivity contribution in [3.63, 3.8) is 0 Å². The van der Waals surface area contributed by atoms with Crippen molar-refractivity contribution in [2.24, 2.45) is 0 Å². The zero-order chi connectivity index (χ0) is 6.69. The summed E-state index contributed by atoms with van der Waals surface area (Å²) >= 11 is 0. The molecule has 1 heterocycles.